The van der Waals surface area contributed by atoms with Gasteiger partial charge in [-0.05, 0) is 50.6 Å². The summed E-state index contributed by atoms with van der Waals surface area (Å²) in [4.78, 5) is 29.2. The largest absolute Gasteiger partial charge is 0.353 e. The Balaban J connectivity index is 1.25. The van der Waals surface area contributed by atoms with Crippen molar-refractivity contribution >= 4 is 35.1 Å². The van der Waals surface area contributed by atoms with E-state index in [9.17, 15) is 4.79 Å². The van der Waals surface area contributed by atoms with Crippen molar-refractivity contribution in [1.82, 2.24) is 19.8 Å². The van der Waals surface area contributed by atoms with Crippen LogP contribution >= 0.6 is 23.4 Å². The number of piperazine rings is 1. The van der Waals surface area contributed by atoms with Crippen LogP contribution in [0.4, 0.5) is 5.82 Å². The molecule has 3 aliphatic rings. The monoisotopic (exact) mass is 471 g/mol. The Kier molecular flexibility index (Phi) is 6.58. The van der Waals surface area contributed by atoms with Gasteiger partial charge in [0.2, 0.25) is 5.91 Å². The number of hydrogen-bond donors (Lipinski definition) is 0. The van der Waals surface area contributed by atoms with Gasteiger partial charge in [0.15, 0.2) is 0 Å². The highest BCUT2D eigenvalue weighted by atomic mass is 35.5. The molecule has 2 atom stereocenters. The summed E-state index contributed by atoms with van der Waals surface area (Å²) in [6.45, 7) is 7.48. The molecule has 8 heteroatoms. The highest BCUT2D eigenvalue weighted by Crippen LogP contribution is 2.44. The summed E-state index contributed by atoms with van der Waals surface area (Å²) in [7, 11) is 0. The standard InChI is InChI=1S/C24H30ClN5OS/c1-17-23-20(15-32-17)26-16-27-24(23)30-12-10-29(11-13-30)22(31)14-21(28-8-2-3-9-28)18-4-6-19(25)7-5-18/h4-7,16-17,21H,2-3,8-15H2,1H3. The van der Waals surface area contributed by atoms with Crippen LogP contribution in [0.2, 0.25) is 5.02 Å². The number of thioether (sulfide) groups is 1. The van der Waals surface area contributed by atoms with Gasteiger partial charge in [0.05, 0.1) is 5.69 Å². The molecule has 2 fully saturated rings. The van der Waals surface area contributed by atoms with Crippen molar-refractivity contribution in [1.29, 1.82) is 0 Å². The Bertz CT molecular complexity index is 957. The molecule has 2 unspecified atom stereocenters. The Morgan fingerprint density at radius 3 is 2.53 bits per heavy atom. The lowest BCUT2D eigenvalue weighted by Gasteiger charge is -2.37. The molecule has 6 nitrogen and oxygen atoms in total. The van der Waals surface area contributed by atoms with Crippen LogP contribution in [0.3, 0.4) is 0 Å². The smallest absolute Gasteiger partial charge is 0.224 e. The van der Waals surface area contributed by atoms with E-state index >= 15 is 0 Å². The van der Waals surface area contributed by atoms with E-state index in [0.29, 0.717) is 11.7 Å². The van der Waals surface area contributed by atoms with E-state index in [1.54, 1.807) is 6.33 Å². The number of nitrogens with zero attached hydrogens (tertiary/aromatic N) is 5. The van der Waals surface area contributed by atoms with E-state index in [1.807, 2.05) is 28.8 Å². The number of amides is 1. The number of aromatic nitrogens is 2. The molecule has 0 saturated carbocycles. The van der Waals surface area contributed by atoms with Crippen LogP contribution in [0.25, 0.3) is 0 Å². The van der Waals surface area contributed by atoms with Crippen LogP contribution in [0, 0.1) is 0 Å². The van der Waals surface area contributed by atoms with Crippen molar-refractivity contribution in [2.75, 3.05) is 44.2 Å². The lowest BCUT2D eigenvalue weighted by Crippen LogP contribution is -2.50. The van der Waals surface area contributed by atoms with Crippen LogP contribution < -0.4 is 4.90 Å². The fourth-order valence-electron chi connectivity index (χ4n) is 5.15. The van der Waals surface area contributed by atoms with Crippen molar-refractivity contribution in [3.63, 3.8) is 0 Å². The molecule has 5 rings (SSSR count). The molecule has 2 aromatic rings. The number of rotatable bonds is 5. The maximum atomic E-state index is 13.3. The zero-order valence-electron chi connectivity index (χ0n) is 18.5. The minimum atomic E-state index is 0.128. The minimum absolute atomic E-state index is 0.128. The molecule has 0 N–H and O–H groups in total. The number of carbonyl (C=O) groups excluding carboxylic acids is 1. The fraction of sp³-hybridized carbons (Fsp3) is 0.542. The number of likely N-dealkylation sites (tertiary alicyclic amines) is 1. The van der Waals surface area contributed by atoms with Crippen molar-refractivity contribution in [2.24, 2.45) is 0 Å². The van der Waals surface area contributed by atoms with E-state index in [0.717, 1.165) is 55.9 Å². The van der Waals surface area contributed by atoms with Crippen LogP contribution in [-0.2, 0) is 10.5 Å². The number of hydrogen-bond acceptors (Lipinski definition) is 6. The van der Waals surface area contributed by atoms with Crippen molar-refractivity contribution in [3.05, 3.63) is 52.4 Å². The van der Waals surface area contributed by atoms with Crippen LogP contribution in [0.5, 0.6) is 0 Å². The predicted molar refractivity (Wildman–Crippen MR) is 130 cm³/mol. The summed E-state index contributed by atoms with van der Waals surface area (Å²) in [6.07, 6.45) is 4.63. The highest BCUT2D eigenvalue weighted by molar-refractivity contribution is 7.99. The zero-order chi connectivity index (χ0) is 22.1. The van der Waals surface area contributed by atoms with E-state index < -0.39 is 0 Å². The predicted octanol–water partition coefficient (Wildman–Crippen LogP) is 4.31. The second-order valence-corrected chi connectivity index (χ2v) is 10.7. The second kappa shape index (κ2) is 9.57. The van der Waals surface area contributed by atoms with Crippen LogP contribution in [0.15, 0.2) is 30.6 Å². The van der Waals surface area contributed by atoms with E-state index in [4.69, 9.17) is 11.6 Å². The van der Waals surface area contributed by atoms with Crippen LogP contribution in [0.1, 0.15) is 54.3 Å². The molecule has 170 valence electrons. The molecule has 1 amide bonds. The van der Waals surface area contributed by atoms with Gasteiger partial charge in [-0.1, -0.05) is 23.7 Å². The molecular formula is C24H30ClN5OS. The summed E-state index contributed by atoms with van der Waals surface area (Å²) < 4.78 is 0. The molecule has 0 aliphatic carbocycles. The van der Waals surface area contributed by atoms with Crippen LogP contribution in [-0.4, -0.2) is 64.9 Å². The maximum Gasteiger partial charge on any atom is 0.224 e. The quantitative estimate of drug-likeness (QED) is 0.647. The molecular weight excluding hydrogens is 442 g/mol. The molecule has 32 heavy (non-hydrogen) atoms. The molecule has 2 saturated heterocycles. The molecule has 0 radical (unpaired) electrons. The summed E-state index contributed by atoms with van der Waals surface area (Å²) >= 11 is 8.03. The Morgan fingerprint density at radius 1 is 1.09 bits per heavy atom. The number of halogens is 1. The second-order valence-electron chi connectivity index (χ2n) is 8.89. The van der Waals surface area contributed by atoms with E-state index in [2.05, 4.69) is 38.8 Å². The number of carbonyl (C=O) groups is 1. The van der Waals surface area contributed by atoms with Gasteiger partial charge in [0.25, 0.3) is 0 Å². The van der Waals surface area contributed by atoms with Gasteiger partial charge in [-0.3, -0.25) is 9.69 Å². The molecule has 1 aromatic heterocycles. The Labute approximate surface area is 199 Å². The van der Waals surface area contributed by atoms with Gasteiger partial charge in [0.1, 0.15) is 12.1 Å². The fourth-order valence-corrected chi connectivity index (χ4v) is 6.32. The van der Waals surface area contributed by atoms with Crippen molar-refractivity contribution in [2.45, 2.75) is 43.2 Å². The molecule has 0 spiro atoms. The first kappa shape index (κ1) is 22.0. The average Bonchev–Trinajstić information content (AvgIpc) is 3.49. The number of benzene rings is 1. The third-order valence-corrected chi connectivity index (χ3v) is 8.39. The van der Waals surface area contributed by atoms with Gasteiger partial charge in [0, 0.05) is 60.2 Å². The van der Waals surface area contributed by atoms with Crippen molar-refractivity contribution in [3.8, 4) is 0 Å². The Hall–Kier alpha value is -1.83. The topological polar surface area (TPSA) is 52.6 Å². The minimum Gasteiger partial charge on any atom is -0.353 e. The summed E-state index contributed by atoms with van der Waals surface area (Å²) in [5, 5.41) is 1.17. The number of anilines is 1. The Morgan fingerprint density at radius 2 is 1.81 bits per heavy atom. The zero-order valence-corrected chi connectivity index (χ0v) is 20.1. The van der Waals surface area contributed by atoms with Gasteiger partial charge < -0.3 is 9.80 Å². The van der Waals surface area contributed by atoms with Gasteiger partial charge in [-0.15, -0.1) is 11.8 Å². The maximum absolute atomic E-state index is 13.3. The van der Waals surface area contributed by atoms with Crippen molar-refractivity contribution < 1.29 is 4.79 Å². The van der Waals surface area contributed by atoms with Gasteiger partial charge >= 0.3 is 0 Å². The first-order chi connectivity index (χ1) is 15.6. The molecule has 1 aromatic carbocycles. The number of fused-ring (bicyclic) bond motifs is 1. The average molecular weight is 472 g/mol. The highest BCUT2D eigenvalue weighted by Gasteiger charge is 2.32. The summed E-state index contributed by atoms with van der Waals surface area (Å²) in [5.41, 5.74) is 3.64. The lowest BCUT2D eigenvalue weighted by molar-refractivity contribution is -0.132. The molecule has 4 heterocycles. The lowest BCUT2D eigenvalue weighted by atomic mass is 10.0. The third-order valence-electron chi connectivity index (χ3n) is 6.96. The first-order valence-electron chi connectivity index (χ1n) is 11.6. The third kappa shape index (κ3) is 4.47. The summed E-state index contributed by atoms with van der Waals surface area (Å²) in [5.74, 6) is 2.27. The summed E-state index contributed by atoms with van der Waals surface area (Å²) in [6, 6.07) is 8.14. The normalized spacial score (nSPS) is 22.2. The van der Waals surface area contributed by atoms with E-state index in [-0.39, 0.29) is 11.9 Å². The SMILES string of the molecule is CC1SCc2ncnc(N3CCN(C(=O)CC(c4ccc(Cl)cc4)N4CCCC4)CC3)c21. The van der Waals surface area contributed by atoms with Gasteiger partial charge in [-0.2, -0.15) is 0 Å². The van der Waals surface area contributed by atoms with E-state index in [1.165, 1.54) is 29.7 Å². The molecule has 3 aliphatic heterocycles. The van der Waals surface area contributed by atoms with Gasteiger partial charge in [-0.25, -0.2) is 9.97 Å². The first-order valence-corrected chi connectivity index (χ1v) is 13.0. The molecule has 0 bridgehead atoms.